The number of halogens is 4. The fourth-order valence-electron chi connectivity index (χ4n) is 6.49. The number of para-hydroxylation sites is 2. The topological polar surface area (TPSA) is 277 Å². The number of aromatic amines is 2. The van der Waals surface area contributed by atoms with Crippen molar-refractivity contribution in [3.63, 3.8) is 0 Å². The van der Waals surface area contributed by atoms with Gasteiger partial charge in [-0.15, -0.1) is 0 Å². The Morgan fingerprint density at radius 2 is 1.20 bits per heavy atom. The van der Waals surface area contributed by atoms with Crippen LogP contribution < -0.4 is 20.5 Å². The number of aromatic nitrogens is 8. The molecule has 2 saturated heterocycles. The number of piperidine rings is 2. The Hall–Kier alpha value is -5.73. The maximum Gasteiger partial charge on any atom is 0.490 e. The van der Waals surface area contributed by atoms with Gasteiger partial charge in [0.1, 0.15) is 11.5 Å². The summed E-state index contributed by atoms with van der Waals surface area (Å²) < 4.78 is 90.7. The van der Waals surface area contributed by atoms with Gasteiger partial charge in [0.2, 0.25) is 31.3 Å². The summed E-state index contributed by atoms with van der Waals surface area (Å²) in [5.41, 5.74) is 10.1. The minimum absolute atomic E-state index is 0.128. The summed E-state index contributed by atoms with van der Waals surface area (Å²) in [5.74, 6) is -0.762. The summed E-state index contributed by atoms with van der Waals surface area (Å²) in [6.07, 6.45) is 3.78. The molecule has 6 N–H and O–H groups in total. The second kappa shape index (κ2) is 21.3. The number of nitrogens with two attached hydrogens (primary N) is 1. The number of hydrogen-bond donors (Lipinski definition) is 5. The maximum absolute atomic E-state index is 11.6. The van der Waals surface area contributed by atoms with Crippen LogP contribution in [-0.2, 0) is 24.8 Å². The van der Waals surface area contributed by atoms with E-state index in [4.69, 9.17) is 36.7 Å². The summed E-state index contributed by atoms with van der Waals surface area (Å²) in [6, 6.07) is 15.7. The molecule has 0 bridgehead atoms. The van der Waals surface area contributed by atoms with Crippen LogP contribution in [0.1, 0.15) is 25.7 Å². The minimum Gasteiger partial charge on any atom is -0.496 e. The predicted molar refractivity (Wildman–Crippen MR) is 233 cm³/mol. The summed E-state index contributed by atoms with van der Waals surface area (Å²) in [4.78, 5) is 25.8. The number of alkyl halides is 3. The molecule has 0 radical (unpaired) electrons. The molecule has 2 aliphatic heterocycles. The van der Waals surface area contributed by atoms with Crippen LogP contribution >= 0.6 is 11.6 Å². The number of nitrogens with zero attached hydrogens (tertiary/aromatic N) is 8. The van der Waals surface area contributed by atoms with Crippen molar-refractivity contribution in [1.82, 2.24) is 48.9 Å². The first-order valence-corrected chi connectivity index (χ1v) is 23.3. The number of carboxylic acid groups (broad SMARTS) is 1. The lowest BCUT2D eigenvalue weighted by Gasteiger charge is -2.30. The van der Waals surface area contributed by atoms with Crippen molar-refractivity contribution in [2.75, 3.05) is 58.2 Å². The number of methoxy groups -OCH3 is 2. The third-order valence-corrected chi connectivity index (χ3v) is 12.6. The van der Waals surface area contributed by atoms with Gasteiger partial charge in [0.15, 0.2) is 11.3 Å². The molecule has 0 aliphatic carbocycles. The molecule has 0 unspecified atom stereocenters. The molecular weight excluding hydrogens is 909 g/mol. The Kier molecular flexibility index (Phi) is 16.4. The fraction of sp³-hybridized carbons (Fsp3) is 0.395. The van der Waals surface area contributed by atoms with Crippen LogP contribution in [0.15, 0.2) is 60.9 Å². The lowest BCUT2D eigenvalue weighted by atomic mass is 10.1. The zero-order valence-electron chi connectivity index (χ0n) is 34.9. The van der Waals surface area contributed by atoms with E-state index in [9.17, 15) is 30.0 Å². The lowest BCUT2D eigenvalue weighted by molar-refractivity contribution is -0.192. The Bertz CT molecular complexity index is 2750. The van der Waals surface area contributed by atoms with Crippen LogP contribution in [0.5, 0.6) is 11.5 Å². The van der Waals surface area contributed by atoms with E-state index in [2.05, 4.69) is 45.6 Å². The third-order valence-electron chi connectivity index (χ3n) is 9.81. The molecule has 0 atom stereocenters. The molecule has 2 aliphatic rings. The van der Waals surface area contributed by atoms with E-state index in [0.29, 0.717) is 56.3 Å². The molecule has 64 heavy (non-hydrogen) atoms. The number of aliphatic carboxylic acids is 1. The highest BCUT2D eigenvalue weighted by molar-refractivity contribution is 7.88. The second-order valence-corrected chi connectivity index (χ2v) is 18.6. The molecule has 0 spiro atoms. The van der Waals surface area contributed by atoms with Gasteiger partial charge < -0.3 is 25.6 Å². The van der Waals surface area contributed by atoms with Crippen LogP contribution in [0, 0.1) is 0 Å². The maximum atomic E-state index is 11.6. The van der Waals surface area contributed by atoms with Crippen LogP contribution in [0.2, 0.25) is 5.28 Å². The average Bonchev–Trinajstić information content (AvgIpc) is 3.87. The van der Waals surface area contributed by atoms with Crippen molar-refractivity contribution in [3.05, 3.63) is 66.2 Å². The normalized spacial score (nSPS) is 15.5. The molecule has 2 fully saturated rings. The molecule has 8 rings (SSSR count). The number of sulfonamides is 2. The number of carboxylic acids is 1. The molecule has 6 aromatic rings. The molecule has 6 heterocycles. The van der Waals surface area contributed by atoms with Crippen LogP contribution in [-0.4, -0.2) is 148 Å². The first-order chi connectivity index (χ1) is 30.2. The molecule has 4 aromatic heterocycles. The Morgan fingerprint density at radius 3 is 1.64 bits per heavy atom. The number of nitrogens with one attached hydrogen (secondary N) is 3. The Morgan fingerprint density at radius 1 is 0.781 bits per heavy atom. The van der Waals surface area contributed by atoms with Gasteiger partial charge in [-0.25, -0.2) is 40.2 Å². The summed E-state index contributed by atoms with van der Waals surface area (Å²) in [7, 11) is -2.84. The van der Waals surface area contributed by atoms with Gasteiger partial charge in [0.05, 0.1) is 48.9 Å². The lowest BCUT2D eigenvalue weighted by Crippen LogP contribution is -2.42. The van der Waals surface area contributed by atoms with Gasteiger partial charge in [-0.05, 0) is 61.5 Å². The van der Waals surface area contributed by atoms with Crippen molar-refractivity contribution < 1.29 is 49.4 Å². The number of ether oxygens (including phenoxy) is 2. The van der Waals surface area contributed by atoms with Gasteiger partial charge in [0.25, 0.3) is 0 Å². The zero-order chi connectivity index (χ0) is 46.8. The van der Waals surface area contributed by atoms with Gasteiger partial charge in [-0.3, -0.25) is 10.2 Å². The first kappa shape index (κ1) is 49.3. The van der Waals surface area contributed by atoms with Crippen molar-refractivity contribution in [3.8, 4) is 34.0 Å². The standard InChI is InChI=1S/C18H22N6O3S.C12H9ClN4O.C6H14N2O2S.C2HF3O2/c1-27-15-6-4-3-5-13(15)16-14-11-19-18(21-17(14)23-22-16)20-12-7-9-24(10-8-12)28(2,25)26;1-18-9-5-3-2-4-7(9)10-8-6-14-12(13)15-11(8)17-16-10;1-11(9,10)8-4-2-6(7)3-5-8;3-2(4,5)1(6)7/h3-6,11-12H,7-10H2,1-2H3,(H2,19,20,21,22,23);2-6H,1H3,(H,14,15,16,17);6H,2-5,7H2,1H3;(H,6,7). The number of rotatable bonds is 8. The van der Waals surface area contributed by atoms with E-state index in [-0.39, 0.29) is 17.4 Å². The average molecular weight is 955 g/mol. The Labute approximate surface area is 370 Å². The predicted octanol–water partition coefficient (Wildman–Crippen LogP) is 4.55. The van der Waals surface area contributed by atoms with Crippen LogP contribution in [0.3, 0.4) is 0 Å². The molecule has 26 heteroatoms. The van der Waals surface area contributed by atoms with E-state index >= 15 is 0 Å². The largest absolute Gasteiger partial charge is 0.496 e. The van der Waals surface area contributed by atoms with Crippen molar-refractivity contribution in [2.45, 2.75) is 43.9 Å². The Balaban J connectivity index is 0.000000182. The number of H-pyrrole nitrogens is 2. The minimum atomic E-state index is -5.08. The quantitative estimate of drug-likeness (QED) is 0.131. The molecule has 346 valence electrons. The summed E-state index contributed by atoms with van der Waals surface area (Å²) in [6.45, 7) is 2.16. The van der Waals surface area contributed by atoms with E-state index in [1.54, 1.807) is 26.6 Å². The number of anilines is 1. The summed E-state index contributed by atoms with van der Waals surface area (Å²) >= 11 is 5.73. The molecule has 0 amide bonds. The van der Waals surface area contributed by atoms with Crippen molar-refractivity contribution >= 4 is 65.6 Å². The van der Waals surface area contributed by atoms with E-state index < -0.39 is 32.2 Å². The van der Waals surface area contributed by atoms with Crippen LogP contribution in [0.4, 0.5) is 19.1 Å². The number of fused-ring (bicyclic) bond motifs is 2. The second-order valence-electron chi connectivity index (χ2n) is 14.3. The summed E-state index contributed by atoms with van der Waals surface area (Å²) in [5, 5.41) is 26.6. The monoisotopic (exact) mass is 954 g/mol. The van der Waals surface area contributed by atoms with Gasteiger partial charge in [0, 0.05) is 61.8 Å². The van der Waals surface area contributed by atoms with E-state index in [1.165, 1.54) is 21.1 Å². The fourth-order valence-corrected chi connectivity index (χ4v) is 8.37. The third kappa shape index (κ3) is 13.2. The highest BCUT2D eigenvalue weighted by Gasteiger charge is 2.38. The van der Waals surface area contributed by atoms with E-state index in [0.717, 1.165) is 57.6 Å². The molecule has 20 nitrogen and oxygen atoms in total. The van der Waals surface area contributed by atoms with E-state index in [1.807, 2.05) is 48.5 Å². The van der Waals surface area contributed by atoms with Crippen LogP contribution in [0.25, 0.3) is 44.6 Å². The number of carbonyl (C=O) groups is 1. The highest BCUT2D eigenvalue weighted by atomic mass is 35.5. The van der Waals surface area contributed by atoms with Gasteiger partial charge >= 0.3 is 12.1 Å². The first-order valence-electron chi connectivity index (χ1n) is 19.3. The van der Waals surface area contributed by atoms with Gasteiger partial charge in [-0.1, -0.05) is 24.3 Å². The van der Waals surface area contributed by atoms with Gasteiger partial charge in [-0.2, -0.15) is 33.3 Å². The smallest absolute Gasteiger partial charge is 0.490 e. The number of hydrogen-bond acceptors (Lipinski definition) is 15. The SMILES string of the molecule is COc1ccccc1-c1[nH]nc2nc(Cl)ncc12.COc1ccccc1-c1[nH]nc2nc(NC3CCN(S(C)(=O)=O)CC3)ncc12.CS(=O)(=O)N1CCC(N)CC1.O=C(O)C(F)(F)F. The zero-order valence-corrected chi connectivity index (χ0v) is 37.3. The van der Waals surface area contributed by atoms with Crippen molar-refractivity contribution in [1.29, 1.82) is 0 Å². The highest BCUT2D eigenvalue weighted by Crippen LogP contribution is 2.34. The molecule has 2 aromatic carbocycles. The molecule has 0 saturated carbocycles. The number of benzene rings is 2. The van der Waals surface area contributed by atoms with Crippen molar-refractivity contribution in [2.24, 2.45) is 5.73 Å². The molecular formula is C38H46ClF3N12O8S2.